The molecule has 2 aliphatic rings. The molecule has 3 N–H and O–H groups in total. The summed E-state index contributed by atoms with van der Waals surface area (Å²) in [6.45, 7) is 25.4. The minimum absolute atomic E-state index is 0.0277. The number of amides is 3. The van der Waals surface area contributed by atoms with Crippen molar-refractivity contribution in [2.24, 2.45) is 11.3 Å². The second-order valence-corrected chi connectivity index (χ2v) is 17.2. The SMILES string of the molecule is [C-]#[N+]COc1ccc2c(O[C@H]3C[C@@H](C(=O)N[C@]4(C(=O)OC)C[C@H]4C=C)N(C(=O)[C@@H](NC(=O)OC(C)(C)C)C(C)(C)C)C3)cc(-c3csc(NC(C)C)n3)nc2c1. The van der Waals surface area contributed by atoms with Crippen LogP contribution in [-0.4, -0.2) is 94.5 Å². The number of nitrogens with zero attached hydrogens (tertiary/aromatic N) is 4. The molecule has 1 aromatic carbocycles. The fraction of sp³-hybridized carbons (Fsp3) is 0.525. The molecule has 0 unspecified atom stereocenters. The summed E-state index contributed by atoms with van der Waals surface area (Å²) in [5.41, 5.74) is -1.29. The molecule has 2 aromatic heterocycles. The van der Waals surface area contributed by atoms with Crippen molar-refractivity contribution < 1.29 is 38.1 Å². The third-order valence-corrected chi connectivity index (χ3v) is 10.1. The van der Waals surface area contributed by atoms with Crippen molar-refractivity contribution in [2.45, 2.75) is 104 Å². The van der Waals surface area contributed by atoms with Gasteiger partial charge in [0.2, 0.25) is 11.8 Å². The highest BCUT2D eigenvalue weighted by atomic mass is 32.1. The second kappa shape index (κ2) is 16.4. The van der Waals surface area contributed by atoms with Crippen LogP contribution >= 0.6 is 11.3 Å². The molecule has 15 nitrogen and oxygen atoms in total. The number of likely N-dealkylation sites (tertiary alicyclic amines) is 1. The van der Waals surface area contributed by atoms with Crippen LogP contribution in [0.15, 0.2) is 42.3 Å². The molecule has 3 amide bonds. The third kappa shape index (κ3) is 9.50. The van der Waals surface area contributed by atoms with Gasteiger partial charge in [-0.05, 0) is 58.6 Å². The topological polar surface area (TPSA) is 175 Å². The number of fused-ring (bicyclic) bond motifs is 1. The lowest BCUT2D eigenvalue weighted by atomic mass is 9.85. The number of anilines is 1. The van der Waals surface area contributed by atoms with Crippen LogP contribution < -0.4 is 25.4 Å². The van der Waals surface area contributed by atoms with Gasteiger partial charge in [0.05, 0.1) is 24.9 Å². The molecule has 3 aromatic rings. The Balaban J connectivity index is 1.53. The highest BCUT2D eigenvalue weighted by Gasteiger charge is 2.62. The zero-order valence-corrected chi connectivity index (χ0v) is 34.2. The van der Waals surface area contributed by atoms with Gasteiger partial charge in [-0.3, -0.25) is 14.4 Å². The molecule has 1 saturated carbocycles. The Kier molecular flexibility index (Phi) is 12.2. The minimum atomic E-state index is -1.31. The van der Waals surface area contributed by atoms with Crippen molar-refractivity contribution in [3.63, 3.8) is 0 Å². The number of hydrogen-bond donors (Lipinski definition) is 3. The fourth-order valence-corrected chi connectivity index (χ4v) is 7.44. The summed E-state index contributed by atoms with van der Waals surface area (Å²) in [6, 6.07) is 4.95. The summed E-state index contributed by atoms with van der Waals surface area (Å²) in [5, 5.41) is 12.2. The van der Waals surface area contributed by atoms with Gasteiger partial charge < -0.3 is 39.8 Å². The zero-order valence-electron chi connectivity index (χ0n) is 33.3. The summed E-state index contributed by atoms with van der Waals surface area (Å²) in [6.07, 6.45) is 0.459. The van der Waals surface area contributed by atoms with Crippen molar-refractivity contribution in [1.29, 1.82) is 0 Å². The number of rotatable bonds is 13. The predicted molar refractivity (Wildman–Crippen MR) is 212 cm³/mol. The maximum absolute atomic E-state index is 14.6. The fourth-order valence-electron chi connectivity index (χ4n) is 6.59. The normalized spacial score (nSPS) is 21.1. The summed E-state index contributed by atoms with van der Waals surface area (Å²) >= 11 is 1.44. The molecule has 1 saturated heterocycles. The number of methoxy groups -OCH3 is 1. The van der Waals surface area contributed by atoms with Crippen LogP contribution in [0.1, 0.15) is 68.2 Å². The summed E-state index contributed by atoms with van der Waals surface area (Å²) < 4.78 is 22.8. The van der Waals surface area contributed by atoms with Crippen LogP contribution in [0.4, 0.5) is 9.93 Å². The molecule has 3 heterocycles. The van der Waals surface area contributed by atoms with E-state index in [4.69, 9.17) is 35.5 Å². The third-order valence-electron chi connectivity index (χ3n) is 9.33. The van der Waals surface area contributed by atoms with Gasteiger partial charge in [-0.1, -0.05) is 26.8 Å². The quantitative estimate of drug-likeness (QED) is 0.106. The van der Waals surface area contributed by atoms with E-state index in [0.717, 1.165) is 5.13 Å². The average Bonchev–Trinajstić information content (AvgIpc) is 3.39. The maximum Gasteiger partial charge on any atom is 0.408 e. The van der Waals surface area contributed by atoms with Crippen molar-refractivity contribution >= 4 is 51.2 Å². The van der Waals surface area contributed by atoms with Gasteiger partial charge in [-0.15, -0.1) is 17.9 Å². The molecule has 0 radical (unpaired) electrons. The van der Waals surface area contributed by atoms with E-state index in [0.29, 0.717) is 40.2 Å². The maximum atomic E-state index is 14.6. The standard InChI is InChI=1S/C40H51N7O8S/c1-12-23-18-40(23,35(50)52-11)46-33(48)30-16-25(19-47(30)34(49)32(38(4,5)6)45-37(51)55-39(7,8)9)54-31-17-28(29-20-56-36(44-29)42-22(2)3)43-27-15-24(53-21-41-10)13-14-26(27)31/h12-15,17,20,22-23,25,30,32H,1,16,18-19,21H2,2-9,11H3,(H,42,44)(H,45,51)(H,46,48)/t23-,25+,30+,32-,40-/m1/s1. The number of alkyl carbamates (subject to hydrolysis) is 1. The van der Waals surface area contributed by atoms with Gasteiger partial charge in [0, 0.05) is 41.3 Å². The average molecular weight is 790 g/mol. The molecule has 16 heteroatoms. The highest BCUT2D eigenvalue weighted by molar-refractivity contribution is 7.14. The molecule has 1 aliphatic heterocycles. The van der Waals surface area contributed by atoms with Gasteiger partial charge in [0.25, 0.3) is 0 Å². The van der Waals surface area contributed by atoms with Crippen LogP contribution in [0.2, 0.25) is 0 Å². The highest BCUT2D eigenvalue weighted by Crippen LogP contribution is 2.46. The molecule has 1 aliphatic carbocycles. The summed E-state index contributed by atoms with van der Waals surface area (Å²) in [7, 11) is 1.25. The number of benzene rings is 1. The lowest BCUT2D eigenvalue weighted by Crippen LogP contribution is -2.59. The van der Waals surface area contributed by atoms with Crippen molar-refractivity contribution in [2.75, 3.05) is 25.7 Å². The number of nitrogens with one attached hydrogen (secondary N) is 3. The Morgan fingerprint density at radius 1 is 1.12 bits per heavy atom. The first-order valence-corrected chi connectivity index (χ1v) is 19.3. The number of hydrogen-bond acceptors (Lipinski definition) is 12. The summed E-state index contributed by atoms with van der Waals surface area (Å²) in [4.78, 5) is 69.1. The molecule has 5 rings (SSSR count). The molecular formula is C40H51N7O8S. The lowest BCUT2D eigenvalue weighted by molar-refractivity contribution is -0.148. The van der Waals surface area contributed by atoms with E-state index >= 15 is 0 Å². The Labute approximate surface area is 331 Å². The number of aromatic nitrogens is 2. The molecular weight excluding hydrogens is 739 g/mol. The van der Waals surface area contributed by atoms with Crippen LogP contribution in [0.5, 0.6) is 11.5 Å². The Bertz CT molecular complexity index is 2030. The van der Waals surface area contributed by atoms with Crippen molar-refractivity contribution in [3.8, 4) is 22.9 Å². The Morgan fingerprint density at radius 2 is 1.86 bits per heavy atom. The van der Waals surface area contributed by atoms with Crippen LogP contribution in [0.25, 0.3) is 27.1 Å². The number of carbonyl (C=O) groups is 4. The smallest absolute Gasteiger partial charge is 0.408 e. The van der Waals surface area contributed by atoms with E-state index in [1.54, 1.807) is 71.9 Å². The van der Waals surface area contributed by atoms with Gasteiger partial charge in [0.15, 0.2) is 5.13 Å². The first-order valence-electron chi connectivity index (χ1n) is 18.4. The Morgan fingerprint density at radius 3 is 2.46 bits per heavy atom. The largest absolute Gasteiger partial charge is 0.488 e. The molecule has 5 atom stereocenters. The van der Waals surface area contributed by atoms with E-state index in [9.17, 15) is 19.2 Å². The number of carbonyl (C=O) groups excluding carboxylic acids is 4. The second-order valence-electron chi connectivity index (χ2n) is 16.4. The minimum Gasteiger partial charge on any atom is -0.488 e. The van der Waals surface area contributed by atoms with E-state index < -0.39 is 58.6 Å². The van der Waals surface area contributed by atoms with Crippen LogP contribution in [0.3, 0.4) is 0 Å². The number of pyridine rings is 1. The monoisotopic (exact) mass is 789 g/mol. The van der Waals surface area contributed by atoms with Gasteiger partial charge in [0.1, 0.15) is 46.5 Å². The number of ether oxygens (including phenoxy) is 4. The van der Waals surface area contributed by atoms with Gasteiger partial charge in [-0.25, -0.2) is 26.1 Å². The molecule has 2 fully saturated rings. The van der Waals surface area contributed by atoms with Gasteiger partial charge >= 0.3 is 18.8 Å². The van der Waals surface area contributed by atoms with E-state index in [-0.39, 0.29) is 31.7 Å². The summed E-state index contributed by atoms with van der Waals surface area (Å²) in [5.74, 6) is -1.18. The van der Waals surface area contributed by atoms with Crippen LogP contribution in [0, 0.1) is 17.9 Å². The molecule has 56 heavy (non-hydrogen) atoms. The van der Waals surface area contributed by atoms with Gasteiger partial charge in [-0.2, -0.15) is 0 Å². The molecule has 300 valence electrons. The van der Waals surface area contributed by atoms with E-state index in [1.807, 2.05) is 19.2 Å². The van der Waals surface area contributed by atoms with Crippen LogP contribution in [-0.2, 0) is 23.9 Å². The van der Waals surface area contributed by atoms with Crippen molar-refractivity contribution in [1.82, 2.24) is 25.5 Å². The first-order chi connectivity index (χ1) is 26.3. The Hall–Kier alpha value is -5.43. The van der Waals surface area contributed by atoms with E-state index in [1.165, 1.54) is 23.3 Å². The number of thiazole rings is 1. The zero-order chi connectivity index (χ0) is 41.2. The molecule has 0 bridgehead atoms. The number of esters is 1. The van der Waals surface area contributed by atoms with Crippen molar-refractivity contribution in [3.05, 3.63) is 53.7 Å². The lowest BCUT2D eigenvalue weighted by Gasteiger charge is -2.36. The first kappa shape index (κ1) is 41.7. The molecule has 0 spiro atoms. The predicted octanol–water partition coefficient (Wildman–Crippen LogP) is 5.96. The van der Waals surface area contributed by atoms with E-state index in [2.05, 4.69) is 27.4 Å².